The summed E-state index contributed by atoms with van der Waals surface area (Å²) in [6.45, 7) is 0. The number of hydrogen-bond donors (Lipinski definition) is 3. The van der Waals surface area contributed by atoms with Crippen molar-refractivity contribution in [2.45, 2.75) is 19.3 Å². The molecule has 3 N–H and O–H groups in total. The molecule has 7 heteroatoms. The molecule has 0 spiro atoms. The van der Waals surface area contributed by atoms with Gasteiger partial charge in [0.1, 0.15) is 5.75 Å². The number of carbonyl (C=O) groups excluding carboxylic acids is 2. The lowest BCUT2D eigenvalue weighted by Gasteiger charge is -2.12. The summed E-state index contributed by atoms with van der Waals surface area (Å²) in [6.07, 6.45) is 0.225. The van der Waals surface area contributed by atoms with Crippen LogP contribution in [0.2, 0.25) is 0 Å². The number of amides is 2. The van der Waals surface area contributed by atoms with Crippen molar-refractivity contribution in [3.05, 3.63) is 54.1 Å². The number of benzene rings is 2. The molecule has 0 bridgehead atoms. The molecule has 0 heterocycles. The van der Waals surface area contributed by atoms with Gasteiger partial charge in [-0.1, -0.05) is 18.2 Å². The van der Waals surface area contributed by atoms with Crippen LogP contribution in [0.25, 0.3) is 0 Å². The number of carbonyl (C=O) groups is 3. The molecule has 2 aromatic carbocycles. The zero-order valence-electron chi connectivity index (χ0n) is 14.3. The second-order valence-corrected chi connectivity index (χ2v) is 5.53. The first-order valence-corrected chi connectivity index (χ1v) is 8.05. The van der Waals surface area contributed by atoms with Gasteiger partial charge in [-0.3, -0.25) is 14.4 Å². The van der Waals surface area contributed by atoms with E-state index in [-0.39, 0.29) is 31.1 Å². The van der Waals surface area contributed by atoms with Crippen LogP contribution in [-0.2, 0) is 9.59 Å². The molecule has 7 nitrogen and oxygen atoms in total. The maximum absolute atomic E-state index is 12.5. The Hall–Kier alpha value is -3.35. The van der Waals surface area contributed by atoms with Gasteiger partial charge in [-0.2, -0.15) is 0 Å². The fourth-order valence-electron chi connectivity index (χ4n) is 2.30. The molecule has 0 aliphatic rings. The minimum absolute atomic E-state index is 0.0676. The number of carboxylic acid groups (broad SMARTS) is 1. The molecule has 0 radical (unpaired) electrons. The molecular weight excluding hydrogens is 336 g/mol. The monoisotopic (exact) mass is 356 g/mol. The molecule has 136 valence electrons. The first-order valence-electron chi connectivity index (χ1n) is 8.05. The molecule has 0 aliphatic carbocycles. The van der Waals surface area contributed by atoms with E-state index in [0.717, 1.165) is 0 Å². The first-order chi connectivity index (χ1) is 12.5. The van der Waals surface area contributed by atoms with E-state index < -0.39 is 5.97 Å². The van der Waals surface area contributed by atoms with Crippen LogP contribution in [0.5, 0.6) is 5.75 Å². The van der Waals surface area contributed by atoms with E-state index in [4.69, 9.17) is 9.84 Å². The summed E-state index contributed by atoms with van der Waals surface area (Å²) < 4.78 is 5.12. The number of methoxy groups -OCH3 is 1. The highest BCUT2D eigenvalue weighted by Gasteiger charge is 2.14. The Morgan fingerprint density at radius 3 is 2.50 bits per heavy atom. The SMILES string of the molecule is COc1cccc(NC(=O)c2ccccc2NC(=O)CCCC(=O)O)c1. The van der Waals surface area contributed by atoms with Crippen molar-refractivity contribution < 1.29 is 24.2 Å². The van der Waals surface area contributed by atoms with Crippen molar-refractivity contribution in [1.82, 2.24) is 0 Å². The second-order valence-electron chi connectivity index (χ2n) is 5.53. The predicted octanol–water partition coefficient (Wildman–Crippen LogP) is 3.14. The van der Waals surface area contributed by atoms with Crippen LogP contribution in [0.4, 0.5) is 11.4 Å². The summed E-state index contributed by atoms with van der Waals surface area (Å²) in [7, 11) is 1.54. The van der Waals surface area contributed by atoms with E-state index in [1.807, 2.05) is 0 Å². The van der Waals surface area contributed by atoms with Crippen molar-refractivity contribution in [2.75, 3.05) is 17.7 Å². The number of hydrogen-bond acceptors (Lipinski definition) is 4. The van der Waals surface area contributed by atoms with E-state index in [9.17, 15) is 14.4 Å². The van der Waals surface area contributed by atoms with Crippen LogP contribution in [0.1, 0.15) is 29.6 Å². The Morgan fingerprint density at radius 1 is 1.00 bits per heavy atom. The van der Waals surface area contributed by atoms with Gasteiger partial charge in [-0.25, -0.2) is 0 Å². The van der Waals surface area contributed by atoms with Crippen molar-refractivity contribution in [3.63, 3.8) is 0 Å². The molecule has 26 heavy (non-hydrogen) atoms. The third-order valence-electron chi connectivity index (χ3n) is 3.57. The topological polar surface area (TPSA) is 105 Å². The molecule has 2 amide bonds. The fourth-order valence-corrected chi connectivity index (χ4v) is 2.30. The largest absolute Gasteiger partial charge is 0.497 e. The molecule has 2 aromatic rings. The van der Waals surface area contributed by atoms with Gasteiger partial charge in [0.05, 0.1) is 18.4 Å². The summed E-state index contributed by atoms with van der Waals surface area (Å²) in [5.41, 5.74) is 1.24. The van der Waals surface area contributed by atoms with Crippen LogP contribution in [0.15, 0.2) is 48.5 Å². The third-order valence-corrected chi connectivity index (χ3v) is 3.57. The summed E-state index contributed by atoms with van der Waals surface area (Å²) in [5.74, 6) is -1.05. The number of nitrogens with one attached hydrogen (secondary N) is 2. The van der Waals surface area contributed by atoms with Crippen LogP contribution in [-0.4, -0.2) is 30.0 Å². The Labute approximate surface area is 151 Å². The summed E-state index contributed by atoms with van der Waals surface area (Å²) in [6, 6.07) is 13.6. The maximum Gasteiger partial charge on any atom is 0.303 e. The summed E-state index contributed by atoms with van der Waals surface area (Å²) in [5, 5.41) is 14.0. The van der Waals surface area contributed by atoms with Gasteiger partial charge in [-0.15, -0.1) is 0 Å². The highest BCUT2D eigenvalue weighted by Crippen LogP contribution is 2.20. The second kappa shape index (κ2) is 9.22. The number of rotatable bonds is 8. The molecule has 0 atom stereocenters. The summed E-state index contributed by atoms with van der Waals surface area (Å²) >= 11 is 0. The van der Waals surface area contributed by atoms with Crippen molar-refractivity contribution in [1.29, 1.82) is 0 Å². The van der Waals surface area contributed by atoms with Gasteiger partial charge in [0.2, 0.25) is 5.91 Å². The number of ether oxygens (including phenoxy) is 1. The molecule has 0 aliphatic heterocycles. The molecule has 2 rings (SSSR count). The van der Waals surface area contributed by atoms with Gasteiger partial charge in [0.25, 0.3) is 5.91 Å². The molecule has 0 unspecified atom stereocenters. The third kappa shape index (κ3) is 5.62. The molecule has 0 saturated carbocycles. The van der Waals surface area contributed by atoms with Gasteiger partial charge in [0.15, 0.2) is 0 Å². The minimum Gasteiger partial charge on any atom is -0.497 e. The number of aliphatic carboxylic acids is 1. The van der Waals surface area contributed by atoms with Gasteiger partial charge >= 0.3 is 5.97 Å². The lowest BCUT2D eigenvalue weighted by atomic mass is 10.1. The lowest BCUT2D eigenvalue weighted by molar-refractivity contribution is -0.137. The molecular formula is C19H20N2O5. The van der Waals surface area contributed by atoms with Crippen molar-refractivity contribution in [3.8, 4) is 5.75 Å². The van der Waals surface area contributed by atoms with E-state index in [1.54, 1.807) is 48.5 Å². The van der Waals surface area contributed by atoms with Crippen molar-refractivity contribution in [2.24, 2.45) is 0 Å². The normalized spacial score (nSPS) is 10.0. The van der Waals surface area contributed by atoms with E-state index in [2.05, 4.69) is 10.6 Å². The Morgan fingerprint density at radius 2 is 1.77 bits per heavy atom. The molecule has 0 saturated heterocycles. The zero-order chi connectivity index (χ0) is 18.9. The van der Waals surface area contributed by atoms with Gasteiger partial charge in [0, 0.05) is 24.6 Å². The fraction of sp³-hybridized carbons (Fsp3) is 0.211. The number of para-hydroxylation sites is 1. The van der Waals surface area contributed by atoms with Crippen LogP contribution in [0.3, 0.4) is 0 Å². The molecule has 0 fully saturated rings. The lowest BCUT2D eigenvalue weighted by Crippen LogP contribution is -2.18. The van der Waals surface area contributed by atoms with Crippen LogP contribution < -0.4 is 15.4 Å². The van der Waals surface area contributed by atoms with E-state index in [1.165, 1.54) is 7.11 Å². The summed E-state index contributed by atoms with van der Waals surface area (Å²) in [4.78, 5) is 35.0. The molecule has 0 aromatic heterocycles. The number of anilines is 2. The standard InChI is InChI=1S/C19H20N2O5/c1-26-14-7-4-6-13(12-14)20-19(25)15-8-2-3-9-16(15)21-17(22)10-5-11-18(23)24/h2-4,6-9,12H,5,10-11H2,1H3,(H,20,25)(H,21,22)(H,23,24). The van der Waals surface area contributed by atoms with Crippen LogP contribution >= 0.6 is 0 Å². The van der Waals surface area contributed by atoms with Gasteiger partial charge in [-0.05, 0) is 30.7 Å². The smallest absolute Gasteiger partial charge is 0.303 e. The Balaban J connectivity index is 2.06. The zero-order valence-corrected chi connectivity index (χ0v) is 14.3. The van der Waals surface area contributed by atoms with Crippen molar-refractivity contribution >= 4 is 29.2 Å². The first kappa shape index (κ1) is 19.0. The average Bonchev–Trinajstić information content (AvgIpc) is 2.62. The highest BCUT2D eigenvalue weighted by atomic mass is 16.5. The number of carboxylic acids is 1. The quantitative estimate of drug-likeness (QED) is 0.674. The van der Waals surface area contributed by atoms with E-state index in [0.29, 0.717) is 22.7 Å². The Bertz CT molecular complexity index is 804. The Kier molecular flexibility index (Phi) is 6.73. The minimum atomic E-state index is -0.948. The average molecular weight is 356 g/mol. The maximum atomic E-state index is 12.5. The van der Waals surface area contributed by atoms with Gasteiger partial charge < -0.3 is 20.5 Å². The highest BCUT2D eigenvalue weighted by molar-refractivity contribution is 6.10. The predicted molar refractivity (Wildman–Crippen MR) is 97.5 cm³/mol. The van der Waals surface area contributed by atoms with E-state index >= 15 is 0 Å². The van der Waals surface area contributed by atoms with Crippen LogP contribution in [0, 0.1) is 0 Å².